The number of hydrogen-bond acceptors (Lipinski definition) is 6. The number of nitrogens with zero attached hydrogens (tertiary/aromatic N) is 1. The SMILES string of the molecule is COC(=O)c1sc(NC(CO)c2cccc(Cl)c2)nc1Cl. The van der Waals surface area contributed by atoms with E-state index in [9.17, 15) is 9.90 Å². The van der Waals surface area contributed by atoms with Gasteiger partial charge in [0.2, 0.25) is 0 Å². The summed E-state index contributed by atoms with van der Waals surface area (Å²) in [6.07, 6.45) is 0. The average Bonchev–Trinajstić information content (AvgIpc) is 2.84. The molecule has 2 N–H and O–H groups in total. The Balaban J connectivity index is 2.21. The number of methoxy groups -OCH3 is 1. The summed E-state index contributed by atoms with van der Waals surface area (Å²) in [7, 11) is 1.27. The van der Waals surface area contributed by atoms with Crippen LogP contribution >= 0.6 is 34.5 Å². The quantitative estimate of drug-likeness (QED) is 0.812. The van der Waals surface area contributed by atoms with Crippen LogP contribution in [0.5, 0.6) is 0 Å². The molecule has 0 radical (unpaired) electrons. The number of thiazole rings is 1. The Morgan fingerprint density at radius 3 is 2.90 bits per heavy atom. The Bertz CT molecular complexity index is 648. The molecule has 0 spiro atoms. The number of carbonyl (C=O) groups excluding carboxylic acids is 1. The smallest absolute Gasteiger partial charge is 0.351 e. The van der Waals surface area contributed by atoms with E-state index in [1.807, 2.05) is 6.07 Å². The third-order valence-corrected chi connectivity index (χ3v) is 4.28. The minimum Gasteiger partial charge on any atom is -0.465 e. The van der Waals surface area contributed by atoms with E-state index in [-0.39, 0.29) is 16.6 Å². The van der Waals surface area contributed by atoms with Crippen LogP contribution in [0.2, 0.25) is 10.2 Å². The van der Waals surface area contributed by atoms with Gasteiger partial charge in [-0.05, 0) is 17.7 Å². The van der Waals surface area contributed by atoms with Gasteiger partial charge >= 0.3 is 5.97 Å². The van der Waals surface area contributed by atoms with Crippen LogP contribution in [-0.4, -0.2) is 29.8 Å². The summed E-state index contributed by atoms with van der Waals surface area (Å²) >= 11 is 12.9. The number of aliphatic hydroxyl groups excluding tert-OH is 1. The van der Waals surface area contributed by atoms with Gasteiger partial charge in [0.15, 0.2) is 15.2 Å². The molecule has 1 heterocycles. The summed E-state index contributed by atoms with van der Waals surface area (Å²) in [5.74, 6) is -0.547. The lowest BCUT2D eigenvalue weighted by molar-refractivity contribution is 0.0606. The second-order valence-electron chi connectivity index (χ2n) is 4.07. The zero-order valence-corrected chi connectivity index (χ0v) is 13.3. The molecule has 1 unspecified atom stereocenters. The van der Waals surface area contributed by atoms with Crippen LogP contribution in [0.4, 0.5) is 5.13 Å². The highest BCUT2D eigenvalue weighted by Crippen LogP contribution is 2.30. The minimum absolute atomic E-state index is 0.0668. The lowest BCUT2D eigenvalue weighted by atomic mass is 10.1. The molecule has 0 bridgehead atoms. The molecule has 0 saturated carbocycles. The molecule has 0 fully saturated rings. The van der Waals surface area contributed by atoms with Crippen LogP contribution in [0.1, 0.15) is 21.3 Å². The van der Waals surface area contributed by atoms with Crippen LogP contribution in [0.3, 0.4) is 0 Å². The first-order chi connectivity index (χ1) is 10.0. The maximum Gasteiger partial charge on any atom is 0.351 e. The van der Waals surface area contributed by atoms with E-state index in [0.29, 0.717) is 10.2 Å². The number of rotatable bonds is 5. The van der Waals surface area contributed by atoms with E-state index in [0.717, 1.165) is 16.9 Å². The number of esters is 1. The normalized spacial score (nSPS) is 12.0. The standard InChI is InChI=1S/C13H12Cl2N2O3S/c1-20-12(19)10-11(15)17-13(21-10)16-9(6-18)7-3-2-4-8(14)5-7/h2-5,9,18H,6H2,1H3,(H,16,17). The van der Waals surface area contributed by atoms with E-state index in [1.165, 1.54) is 7.11 Å². The molecule has 0 amide bonds. The molecule has 0 saturated heterocycles. The first kappa shape index (κ1) is 16.0. The third kappa shape index (κ3) is 3.85. The van der Waals surface area contributed by atoms with Crippen molar-refractivity contribution in [3.05, 3.63) is 44.9 Å². The molecular formula is C13H12Cl2N2O3S. The Hall–Kier alpha value is -1.34. The molecule has 1 atom stereocenters. The van der Waals surface area contributed by atoms with Crippen molar-refractivity contribution in [2.24, 2.45) is 0 Å². The summed E-state index contributed by atoms with van der Waals surface area (Å²) in [6, 6.07) is 6.70. The fraction of sp³-hybridized carbons (Fsp3) is 0.231. The van der Waals surface area contributed by atoms with Gasteiger partial charge in [-0.25, -0.2) is 9.78 Å². The van der Waals surface area contributed by atoms with Gasteiger partial charge in [-0.15, -0.1) is 0 Å². The van der Waals surface area contributed by atoms with Gasteiger partial charge in [0.05, 0.1) is 19.8 Å². The predicted molar refractivity (Wildman–Crippen MR) is 83.4 cm³/mol. The summed E-state index contributed by atoms with van der Waals surface area (Å²) in [6.45, 7) is -0.162. The number of benzene rings is 1. The number of hydrogen-bond donors (Lipinski definition) is 2. The van der Waals surface area contributed by atoms with Crippen molar-refractivity contribution < 1.29 is 14.6 Å². The Morgan fingerprint density at radius 1 is 1.52 bits per heavy atom. The molecule has 1 aromatic carbocycles. The lowest BCUT2D eigenvalue weighted by Crippen LogP contribution is -2.14. The van der Waals surface area contributed by atoms with Crippen molar-refractivity contribution in [1.29, 1.82) is 0 Å². The number of aromatic nitrogens is 1. The van der Waals surface area contributed by atoms with Gasteiger partial charge in [0, 0.05) is 5.02 Å². The van der Waals surface area contributed by atoms with Crippen LogP contribution in [-0.2, 0) is 4.74 Å². The van der Waals surface area contributed by atoms with E-state index in [4.69, 9.17) is 23.2 Å². The van der Waals surface area contributed by atoms with Gasteiger partial charge in [0.1, 0.15) is 0 Å². The number of halogens is 2. The highest BCUT2D eigenvalue weighted by atomic mass is 35.5. The van der Waals surface area contributed by atoms with Crippen LogP contribution in [0.15, 0.2) is 24.3 Å². The lowest BCUT2D eigenvalue weighted by Gasteiger charge is -2.16. The fourth-order valence-corrected chi connectivity index (χ4v) is 3.04. The van der Waals surface area contributed by atoms with E-state index < -0.39 is 12.0 Å². The van der Waals surface area contributed by atoms with Gasteiger partial charge < -0.3 is 15.2 Å². The predicted octanol–water partition coefficient (Wildman–Crippen LogP) is 3.38. The zero-order chi connectivity index (χ0) is 15.4. The third-order valence-electron chi connectivity index (χ3n) is 2.69. The second-order valence-corrected chi connectivity index (χ2v) is 5.86. The number of aliphatic hydroxyl groups is 1. The maximum absolute atomic E-state index is 11.5. The maximum atomic E-state index is 11.5. The molecule has 112 valence electrons. The molecule has 0 aliphatic carbocycles. The minimum atomic E-state index is -0.547. The molecule has 2 rings (SSSR count). The summed E-state index contributed by atoms with van der Waals surface area (Å²) in [4.78, 5) is 15.7. The second kappa shape index (κ2) is 7.09. The van der Waals surface area contributed by atoms with Crippen LogP contribution in [0.25, 0.3) is 0 Å². The molecule has 0 aliphatic rings. The number of anilines is 1. The van der Waals surface area contributed by atoms with E-state index in [2.05, 4.69) is 15.0 Å². The topological polar surface area (TPSA) is 71.5 Å². The molecule has 2 aromatic rings. The van der Waals surface area contributed by atoms with Crippen molar-refractivity contribution in [1.82, 2.24) is 4.98 Å². The monoisotopic (exact) mass is 346 g/mol. The Kier molecular flexibility index (Phi) is 5.41. The van der Waals surface area contributed by atoms with Gasteiger partial charge in [-0.1, -0.05) is 46.7 Å². The summed E-state index contributed by atoms with van der Waals surface area (Å²) in [5, 5.41) is 13.6. The number of carbonyl (C=O) groups is 1. The summed E-state index contributed by atoms with van der Waals surface area (Å²) in [5.41, 5.74) is 0.802. The van der Waals surface area contributed by atoms with Crippen LogP contribution in [0, 0.1) is 0 Å². The molecule has 21 heavy (non-hydrogen) atoms. The van der Waals surface area contributed by atoms with E-state index >= 15 is 0 Å². The van der Waals surface area contributed by atoms with Crippen molar-refractivity contribution in [2.75, 3.05) is 19.0 Å². The van der Waals surface area contributed by atoms with Crippen LogP contribution < -0.4 is 5.32 Å². The van der Waals surface area contributed by atoms with Crippen molar-refractivity contribution in [2.45, 2.75) is 6.04 Å². The molecule has 8 heteroatoms. The molecule has 5 nitrogen and oxygen atoms in total. The highest BCUT2D eigenvalue weighted by Gasteiger charge is 2.19. The molecule has 0 aliphatic heterocycles. The Morgan fingerprint density at radius 2 is 2.29 bits per heavy atom. The summed E-state index contributed by atoms with van der Waals surface area (Å²) < 4.78 is 4.61. The van der Waals surface area contributed by atoms with Gasteiger partial charge in [-0.2, -0.15) is 0 Å². The zero-order valence-electron chi connectivity index (χ0n) is 11.0. The van der Waals surface area contributed by atoms with Crippen molar-refractivity contribution in [3.63, 3.8) is 0 Å². The first-order valence-electron chi connectivity index (χ1n) is 5.92. The number of ether oxygens (including phenoxy) is 1. The van der Waals surface area contributed by atoms with Gasteiger partial charge in [-0.3, -0.25) is 0 Å². The van der Waals surface area contributed by atoms with Crippen molar-refractivity contribution >= 4 is 45.6 Å². The largest absolute Gasteiger partial charge is 0.465 e. The fourth-order valence-electron chi connectivity index (χ4n) is 1.69. The molecule has 1 aromatic heterocycles. The van der Waals surface area contributed by atoms with E-state index in [1.54, 1.807) is 18.2 Å². The van der Waals surface area contributed by atoms with Crippen molar-refractivity contribution in [3.8, 4) is 0 Å². The Labute approximate surface area is 135 Å². The molecular weight excluding hydrogens is 335 g/mol. The van der Waals surface area contributed by atoms with Gasteiger partial charge in [0.25, 0.3) is 0 Å². The number of nitrogens with one attached hydrogen (secondary N) is 1. The average molecular weight is 347 g/mol. The highest BCUT2D eigenvalue weighted by molar-refractivity contribution is 7.18. The first-order valence-corrected chi connectivity index (χ1v) is 7.50.